The van der Waals surface area contributed by atoms with Crippen LogP contribution in [0.3, 0.4) is 0 Å². The molecule has 0 bridgehead atoms. The van der Waals surface area contributed by atoms with Crippen LogP contribution in [0.5, 0.6) is 11.5 Å². The first-order valence-corrected chi connectivity index (χ1v) is 12.1. The maximum absolute atomic E-state index is 14.6. The average Bonchev–Trinajstić information content (AvgIpc) is 2.91. The van der Waals surface area contributed by atoms with E-state index in [1.165, 1.54) is 0 Å². The van der Waals surface area contributed by atoms with Crippen molar-refractivity contribution in [2.45, 2.75) is 30.8 Å². The molecule has 0 fully saturated rings. The second-order valence-electron chi connectivity index (χ2n) is 8.70. The van der Waals surface area contributed by atoms with Crippen molar-refractivity contribution in [2.24, 2.45) is 0 Å². The number of ether oxygens (including phenoxy) is 2. The van der Waals surface area contributed by atoms with Crippen LogP contribution in [0.1, 0.15) is 31.8 Å². The molecule has 0 aliphatic rings. The number of hydrogen-bond donors (Lipinski definition) is 2. The van der Waals surface area contributed by atoms with Gasteiger partial charge in [0, 0.05) is 5.56 Å². The molecule has 2 amide bonds. The van der Waals surface area contributed by atoms with Crippen molar-refractivity contribution >= 4 is 34.8 Å². The lowest BCUT2D eigenvalue weighted by atomic mass is 9.93. The zero-order chi connectivity index (χ0) is 34.1. The first-order chi connectivity index (χ1) is 20.6. The Morgan fingerprint density at radius 1 is 0.778 bits per heavy atom. The molecule has 19 heteroatoms. The number of halogens is 13. The Kier molecular flexibility index (Phi) is 9.81. The number of anilines is 2. The van der Waals surface area contributed by atoms with Crippen LogP contribution in [0.25, 0.3) is 0 Å². The van der Waals surface area contributed by atoms with Crippen molar-refractivity contribution in [2.75, 3.05) is 17.7 Å². The highest BCUT2D eigenvalue weighted by molar-refractivity contribution is 6.34. The number of amides is 2. The van der Waals surface area contributed by atoms with E-state index in [1.54, 1.807) is 0 Å². The summed E-state index contributed by atoms with van der Waals surface area (Å²) in [6.45, 7) is -3.93. The van der Waals surface area contributed by atoms with Crippen LogP contribution in [-0.4, -0.2) is 37.9 Å². The Balaban J connectivity index is 2.06. The van der Waals surface area contributed by atoms with Crippen molar-refractivity contribution in [1.82, 2.24) is 0 Å². The van der Waals surface area contributed by atoms with Gasteiger partial charge in [0.2, 0.25) is 0 Å². The third-order valence-corrected chi connectivity index (χ3v) is 6.17. The Morgan fingerprint density at radius 2 is 1.33 bits per heavy atom. The van der Waals surface area contributed by atoms with E-state index in [9.17, 15) is 62.3 Å². The highest BCUT2D eigenvalue weighted by Gasteiger charge is 2.73. The standard InChI is InChI=1S/C26H15ClF12N2O4/c1-44-19-13(6-4-8-16(19)40-20(42)12-5-2-3-7-14(12)24(31,32)33)21(43)41-18-15(27)9-11(10-17(18)45-22(28)29)23(30,25(34,35)36)26(37,38)39/h2-10,22H,1H3,(H,40,42)(H,41,43). The summed E-state index contributed by atoms with van der Waals surface area (Å²) in [4.78, 5) is 25.8. The molecule has 45 heavy (non-hydrogen) atoms. The molecule has 0 aliphatic carbocycles. The third-order valence-electron chi connectivity index (χ3n) is 5.88. The van der Waals surface area contributed by atoms with E-state index in [-0.39, 0.29) is 12.1 Å². The number of nitrogens with one attached hydrogen (secondary N) is 2. The van der Waals surface area contributed by atoms with Gasteiger partial charge in [-0.15, -0.1) is 0 Å². The van der Waals surface area contributed by atoms with Gasteiger partial charge in [0.05, 0.1) is 34.5 Å². The summed E-state index contributed by atoms with van der Waals surface area (Å²) in [7, 11) is 0.938. The maximum Gasteiger partial charge on any atom is 0.435 e. The van der Waals surface area contributed by atoms with Crippen LogP contribution >= 0.6 is 11.6 Å². The van der Waals surface area contributed by atoms with Crippen LogP contribution in [0.2, 0.25) is 5.02 Å². The monoisotopic (exact) mass is 682 g/mol. The number of hydrogen-bond acceptors (Lipinski definition) is 4. The molecule has 0 atom stereocenters. The summed E-state index contributed by atoms with van der Waals surface area (Å²) in [5.74, 6) is -4.88. The smallest absolute Gasteiger partial charge is 0.435 e. The Labute approximate surface area is 248 Å². The molecule has 244 valence electrons. The second kappa shape index (κ2) is 12.6. The third kappa shape index (κ3) is 7.15. The van der Waals surface area contributed by atoms with Crippen LogP contribution < -0.4 is 20.1 Å². The largest absolute Gasteiger partial charge is 0.494 e. The summed E-state index contributed by atoms with van der Waals surface area (Å²) in [6.07, 6.45) is -18.2. The SMILES string of the molecule is COc1c(NC(=O)c2ccccc2C(F)(F)F)cccc1C(=O)Nc1c(Cl)cc(C(F)(C(F)(F)F)C(F)(F)F)cc1OC(F)F. The van der Waals surface area contributed by atoms with Gasteiger partial charge in [-0.3, -0.25) is 9.59 Å². The topological polar surface area (TPSA) is 76.7 Å². The molecule has 0 radical (unpaired) electrons. The Morgan fingerprint density at radius 3 is 1.87 bits per heavy atom. The molecule has 6 nitrogen and oxygen atoms in total. The van der Waals surface area contributed by atoms with Gasteiger partial charge in [-0.2, -0.15) is 48.3 Å². The summed E-state index contributed by atoms with van der Waals surface area (Å²) in [5, 5.41) is 2.61. The van der Waals surface area contributed by atoms with Gasteiger partial charge >= 0.3 is 30.8 Å². The molecule has 0 saturated heterocycles. The summed E-state index contributed by atoms with van der Waals surface area (Å²) >= 11 is 5.73. The highest BCUT2D eigenvalue weighted by atomic mass is 35.5. The van der Waals surface area contributed by atoms with Gasteiger partial charge in [0.25, 0.3) is 11.8 Å². The molecule has 2 N–H and O–H groups in total. The second-order valence-corrected chi connectivity index (χ2v) is 9.11. The van der Waals surface area contributed by atoms with Gasteiger partial charge in [-0.1, -0.05) is 29.8 Å². The summed E-state index contributed by atoms with van der Waals surface area (Å²) < 4.78 is 169. The lowest BCUT2D eigenvalue weighted by Gasteiger charge is -2.31. The highest BCUT2D eigenvalue weighted by Crippen LogP contribution is 2.55. The number of para-hydroxylation sites is 1. The molecule has 3 aromatic rings. The molecular formula is C26H15ClF12N2O4. The fraction of sp³-hybridized carbons (Fsp3) is 0.231. The van der Waals surface area contributed by atoms with Crippen molar-refractivity contribution < 1.29 is 71.7 Å². The minimum Gasteiger partial charge on any atom is -0.494 e. The van der Waals surface area contributed by atoms with Crippen molar-refractivity contribution in [1.29, 1.82) is 0 Å². The van der Waals surface area contributed by atoms with E-state index >= 15 is 0 Å². The summed E-state index contributed by atoms with van der Waals surface area (Å²) in [6, 6.07) is 6.12. The molecule has 0 saturated carbocycles. The van der Waals surface area contributed by atoms with Crippen molar-refractivity contribution in [3.63, 3.8) is 0 Å². The number of alkyl halides is 12. The minimum absolute atomic E-state index is 0.220. The van der Waals surface area contributed by atoms with Gasteiger partial charge in [-0.25, -0.2) is 4.39 Å². The molecular weight excluding hydrogens is 668 g/mol. The number of carbonyl (C=O) groups excluding carboxylic acids is 2. The van der Waals surface area contributed by atoms with E-state index in [2.05, 4.69) is 10.1 Å². The van der Waals surface area contributed by atoms with Gasteiger partial charge in [0.1, 0.15) is 5.69 Å². The molecule has 0 spiro atoms. The van der Waals surface area contributed by atoms with E-state index in [0.29, 0.717) is 6.07 Å². The average molecular weight is 683 g/mol. The molecule has 0 unspecified atom stereocenters. The minimum atomic E-state index is -6.65. The van der Waals surface area contributed by atoms with E-state index in [1.807, 2.05) is 5.32 Å². The Hall–Kier alpha value is -4.35. The quantitative estimate of drug-likeness (QED) is 0.233. The number of benzene rings is 3. The van der Waals surface area contributed by atoms with Gasteiger partial charge in [0.15, 0.2) is 11.5 Å². The zero-order valence-electron chi connectivity index (χ0n) is 21.8. The van der Waals surface area contributed by atoms with Crippen molar-refractivity contribution in [3.8, 4) is 11.5 Å². The van der Waals surface area contributed by atoms with Crippen LogP contribution in [0, 0.1) is 0 Å². The Bertz CT molecular complexity index is 1580. The van der Waals surface area contributed by atoms with Gasteiger partial charge < -0.3 is 20.1 Å². The number of rotatable bonds is 8. The van der Waals surface area contributed by atoms with E-state index < -0.39 is 92.8 Å². The number of methoxy groups -OCH3 is 1. The first kappa shape index (κ1) is 35.1. The fourth-order valence-corrected chi connectivity index (χ4v) is 4.17. The molecule has 0 aliphatic heterocycles. The van der Waals surface area contributed by atoms with Crippen LogP contribution in [-0.2, 0) is 11.8 Å². The molecule has 3 rings (SSSR count). The summed E-state index contributed by atoms with van der Waals surface area (Å²) in [5.41, 5.74) is -12.7. The predicted octanol–water partition coefficient (Wildman–Crippen LogP) is 8.76. The molecule has 0 heterocycles. The van der Waals surface area contributed by atoms with Crippen molar-refractivity contribution in [3.05, 3.63) is 81.9 Å². The predicted molar refractivity (Wildman–Crippen MR) is 133 cm³/mol. The fourth-order valence-electron chi connectivity index (χ4n) is 3.91. The zero-order valence-corrected chi connectivity index (χ0v) is 22.6. The first-order valence-electron chi connectivity index (χ1n) is 11.7. The lowest BCUT2D eigenvalue weighted by Crippen LogP contribution is -2.50. The van der Waals surface area contributed by atoms with E-state index in [0.717, 1.165) is 43.5 Å². The van der Waals surface area contributed by atoms with Crippen LogP contribution in [0.15, 0.2) is 54.6 Å². The maximum atomic E-state index is 14.6. The van der Waals surface area contributed by atoms with E-state index in [4.69, 9.17) is 16.3 Å². The molecule has 3 aromatic carbocycles. The van der Waals surface area contributed by atoms with Crippen LogP contribution in [0.4, 0.5) is 64.1 Å². The van der Waals surface area contributed by atoms with Gasteiger partial charge in [-0.05, 0) is 36.4 Å². The normalized spacial score (nSPS) is 12.6. The number of carbonyl (C=O) groups is 2. The molecule has 0 aromatic heterocycles. The lowest BCUT2D eigenvalue weighted by molar-refractivity contribution is -0.348.